The van der Waals surface area contributed by atoms with E-state index < -0.39 is 6.10 Å². The largest absolute Gasteiger partial charge is 0.391 e. The lowest BCUT2D eigenvalue weighted by Gasteiger charge is -2.16. The van der Waals surface area contributed by atoms with Crippen LogP contribution in [0.4, 0.5) is 0 Å². The predicted octanol–water partition coefficient (Wildman–Crippen LogP) is 0.686. The molecule has 0 aliphatic carbocycles. The van der Waals surface area contributed by atoms with Gasteiger partial charge in [-0.15, -0.1) is 0 Å². The first-order valence-corrected chi connectivity index (χ1v) is 7.67. The molecule has 3 heterocycles. The average molecular weight is 316 g/mol. The number of β-amino-alcohol motifs (C(OH)–C–C–N with tert-alkyl or cyclic N) is 1. The van der Waals surface area contributed by atoms with Gasteiger partial charge in [0.1, 0.15) is 5.76 Å². The molecule has 7 heteroatoms. The number of amides is 1. The van der Waals surface area contributed by atoms with Gasteiger partial charge >= 0.3 is 0 Å². The second-order valence-electron chi connectivity index (χ2n) is 6.01. The summed E-state index contributed by atoms with van der Waals surface area (Å²) >= 11 is 0. The summed E-state index contributed by atoms with van der Waals surface area (Å²) in [4.78, 5) is 22.5. The number of likely N-dealkylation sites (tertiary alicyclic amines) is 1. The standard InChI is InChI=1S/C16H20N4O3/c1-10-14(11(2)23-19-10)6-16(22)20-8-12(15(21)9-20)5-13-7-17-3-4-18-13/h3-4,7,12,15,21H,5-6,8-9H2,1-2H3/t12-,15-/m1/s1. The molecule has 0 unspecified atom stereocenters. The van der Waals surface area contributed by atoms with Crippen LogP contribution in [0.3, 0.4) is 0 Å². The summed E-state index contributed by atoms with van der Waals surface area (Å²) in [6, 6.07) is 0. The van der Waals surface area contributed by atoms with Crippen LogP contribution in [0.5, 0.6) is 0 Å². The van der Waals surface area contributed by atoms with E-state index in [2.05, 4.69) is 15.1 Å². The summed E-state index contributed by atoms with van der Waals surface area (Å²) < 4.78 is 5.09. The number of carbonyl (C=O) groups excluding carboxylic acids is 1. The molecule has 1 fully saturated rings. The smallest absolute Gasteiger partial charge is 0.227 e. The van der Waals surface area contributed by atoms with Crippen LogP contribution in [-0.2, 0) is 17.6 Å². The van der Waals surface area contributed by atoms with Gasteiger partial charge in [0.25, 0.3) is 0 Å². The first-order chi connectivity index (χ1) is 11.0. The Morgan fingerprint density at radius 1 is 1.39 bits per heavy atom. The fourth-order valence-corrected chi connectivity index (χ4v) is 2.98. The molecule has 1 aliphatic rings. The van der Waals surface area contributed by atoms with Gasteiger partial charge in [0.05, 0.1) is 23.9 Å². The van der Waals surface area contributed by atoms with E-state index >= 15 is 0 Å². The molecule has 0 saturated carbocycles. The van der Waals surface area contributed by atoms with Crippen molar-refractivity contribution in [2.45, 2.75) is 32.8 Å². The number of nitrogens with zero attached hydrogens (tertiary/aromatic N) is 4. The van der Waals surface area contributed by atoms with E-state index in [1.807, 2.05) is 6.92 Å². The molecule has 7 nitrogen and oxygen atoms in total. The van der Waals surface area contributed by atoms with Crippen LogP contribution in [0.2, 0.25) is 0 Å². The molecule has 2 aromatic heterocycles. The topological polar surface area (TPSA) is 92.4 Å². The van der Waals surface area contributed by atoms with Crippen molar-refractivity contribution in [3.8, 4) is 0 Å². The average Bonchev–Trinajstić information content (AvgIpc) is 3.06. The van der Waals surface area contributed by atoms with Crippen LogP contribution in [-0.4, -0.2) is 50.2 Å². The maximum absolute atomic E-state index is 12.5. The highest BCUT2D eigenvalue weighted by atomic mass is 16.5. The van der Waals surface area contributed by atoms with Gasteiger partial charge in [0.2, 0.25) is 5.91 Å². The van der Waals surface area contributed by atoms with Crippen molar-refractivity contribution >= 4 is 5.91 Å². The predicted molar refractivity (Wildman–Crippen MR) is 81.5 cm³/mol. The van der Waals surface area contributed by atoms with Crippen LogP contribution in [0, 0.1) is 19.8 Å². The van der Waals surface area contributed by atoms with Gasteiger partial charge in [-0.3, -0.25) is 14.8 Å². The minimum Gasteiger partial charge on any atom is -0.391 e. The lowest BCUT2D eigenvalue weighted by atomic mass is 10.0. The third-order valence-corrected chi connectivity index (χ3v) is 4.36. The molecule has 0 spiro atoms. The fraction of sp³-hybridized carbons (Fsp3) is 0.500. The second kappa shape index (κ2) is 6.45. The van der Waals surface area contributed by atoms with E-state index in [0.29, 0.717) is 25.3 Å². The lowest BCUT2D eigenvalue weighted by molar-refractivity contribution is -0.129. The first kappa shape index (κ1) is 15.6. The molecule has 122 valence electrons. The summed E-state index contributed by atoms with van der Waals surface area (Å²) in [5.41, 5.74) is 2.41. The highest BCUT2D eigenvalue weighted by Gasteiger charge is 2.34. The Kier molecular flexibility index (Phi) is 4.38. The molecule has 0 radical (unpaired) electrons. The number of hydrogen-bond donors (Lipinski definition) is 1. The monoisotopic (exact) mass is 316 g/mol. The SMILES string of the molecule is Cc1noc(C)c1CC(=O)N1C[C@@H](Cc2cnccn2)[C@H](O)C1. The molecule has 23 heavy (non-hydrogen) atoms. The molecule has 2 atom stereocenters. The lowest BCUT2D eigenvalue weighted by Crippen LogP contribution is -2.31. The van der Waals surface area contributed by atoms with E-state index in [9.17, 15) is 9.90 Å². The van der Waals surface area contributed by atoms with E-state index in [1.54, 1.807) is 30.4 Å². The summed E-state index contributed by atoms with van der Waals surface area (Å²) in [5.74, 6) is 0.645. The normalized spacial score (nSPS) is 20.9. The van der Waals surface area contributed by atoms with Crippen molar-refractivity contribution in [3.05, 3.63) is 41.3 Å². The Morgan fingerprint density at radius 2 is 2.22 bits per heavy atom. The number of hydrogen-bond acceptors (Lipinski definition) is 6. The Bertz CT molecular complexity index is 666. The zero-order valence-corrected chi connectivity index (χ0v) is 13.3. The Labute approximate surface area is 134 Å². The van der Waals surface area contributed by atoms with Gasteiger partial charge in [0, 0.05) is 43.2 Å². The van der Waals surface area contributed by atoms with Crippen molar-refractivity contribution in [3.63, 3.8) is 0 Å². The number of rotatable bonds is 4. The fourth-order valence-electron chi connectivity index (χ4n) is 2.98. The van der Waals surface area contributed by atoms with Crippen molar-refractivity contribution in [1.29, 1.82) is 0 Å². The Hall–Kier alpha value is -2.28. The number of aromatic nitrogens is 3. The van der Waals surface area contributed by atoms with Gasteiger partial charge in [-0.1, -0.05) is 5.16 Å². The summed E-state index contributed by atoms with van der Waals surface area (Å²) in [7, 11) is 0. The van der Waals surface area contributed by atoms with Crippen molar-refractivity contribution in [2.24, 2.45) is 5.92 Å². The van der Waals surface area contributed by atoms with E-state index in [-0.39, 0.29) is 18.2 Å². The third-order valence-electron chi connectivity index (χ3n) is 4.36. The van der Waals surface area contributed by atoms with Gasteiger partial charge in [-0.2, -0.15) is 0 Å². The molecule has 2 aromatic rings. The van der Waals surface area contributed by atoms with Crippen LogP contribution in [0.15, 0.2) is 23.1 Å². The maximum atomic E-state index is 12.5. The molecular weight excluding hydrogens is 296 g/mol. The zero-order valence-electron chi connectivity index (χ0n) is 13.3. The van der Waals surface area contributed by atoms with Crippen molar-refractivity contribution in [1.82, 2.24) is 20.0 Å². The van der Waals surface area contributed by atoms with Gasteiger partial charge < -0.3 is 14.5 Å². The Balaban J connectivity index is 1.63. The zero-order chi connectivity index (χ0) is 16.4. The van der Waals surface area contributed by atoms with Crippen molar-refractivity contribution < 1.29 is 14.4 Å². The van der Waals surface area contributed by atoms with Gasteiger partial charge in [0.15, 0.2) is 0 Å². The quantitative estimate of drug-likeness (QED) is 0.892. The number of carbonyl (C=O) groups is 1. The molecule has 0 bridgehead atoms. The van der Waals surface area contributed by atoms with Gasteiger partial charge in [-0.05, 0) is 20.3 Å². The molecule has 1 saturated heterocycles. The van der Waals surface area contributed by atoms with Crippen molar-refractivity contribution in [2.75, 3.05) is 13.1 Å². The van der Waals surface area contributed by atoms with E-state index in [4.69, 9.17) is 4.52 Å². The minimum absolute atomic E-state index is 0.0136. The first-order valence-electron chi connectivity index (χ1n) is 7.67. The maximum Gasteiger partial charge on any atom is 0.227 e. The van der Waals surface area contributed by atoms with Crippen LogP contribution >= 0.6 is 0 Å². The van der Waals surface area contributed by atoms with Crippen LogP contribution in [0.25, 0.3) is 0 Å². The Morgan fingerprint density at radius 3 is 2.87 bits per heavy atom. The summed E-state index contributed by atoms with van der Waals surface area (Å²) in [6.45, 7) is 4.51. The highest BCUT2D eigenvalue weighted by Crippen LogP contribution is 2.22. The molecule has 1 N–H and O–H groups in total. The number of aliphatic hydroxyl groups excluding tert-OH is 1. The molecule has 0 aromatic carbocycles. The second-order valence-corrected chi connectivity index (χ2v) is 6.01. The minimum atomic E-state index is -0.536. The van der Waals surface area contributed by atoms with Crippen LogP contribution < -0.4 is 0 Å². The molecule has 3 rings (SSSR count). The van der Waals surface area contributed by atoms with Gasteiger partial charge in [-0.25, -0.2) is 0 Å². The van der Waals surface area contributed by atoms with Crippen LogP contribution in [0.1, 0.15) is 22.7 Å². The third kappa shape index (κ3) is 3.39. The molecule has 1 aliphatic heterocycles. The highest BCUT2D eigenvalue weighted by molar-refractivity contribution is 5.79. The molecular formula is C16H20N4O3. The summed E-state index contributed by atoms with van der Waals surface area (Å²) in [6.07, 6.45) is 5.28. The number of aliphatic hydroxyl groups is 1. The molecule has 1 amide bonds. The van der Waals surface area contributed by atoms with E-state index in [1.165, 1.54) is 0 Å². The van der Waals surface area contributed by atoms with E-state index in [0.717, 1.165) is 17.0 Å². The summed E-state index contributed by atoms with van der Waals surface area (Å²) in [5, 5.41) is 14.1. The number of aryl methyl sites for hydroxylation is 2.